The number of rotatable bonds is 1. The molecule has 66 valence electrons. The maximum absolute atomic E-state index is 2.33. The van der Waals surface area contributed by atoms with Crippen LogP contribution in [0.3, 0.4) is 0 Å². The summed E-state index contributed by atoms with van der Waals surface area (Å²) in [5, 5.41) is 0.980. The molecule has 0 nitrogen and oxygen atoms in total. The van der Waals surface area contributed by atoms with Gasteiger partial charge in [-0.25, -0.2) is 0 Å². The quantitative estimate of drug-likeness (QED) is 0.579. The van der Waals surface area contributed by atoms with Crippen LogP contribution in [0.15, 0.2) is 0 Å². The monoisotopic (exact) mass is 172 g/mol. The number of thioether (sulfide) groups is 1. The van der Waals surface area contributed by atoms with Crippen LogP contribution < -0.4 is 0 Å². The Labute approximate surface area is 75.1 Å². The van der Waals surface area contributed by atoms with Crippen molar-refractivity contribution in [3.05, 3.63) is 0 Å². The topological polar surface area (TPSA) is 0 Å². The van der Waals surface area contributed by atoms with E-state index in [-0.39, 0.29) is 0 Å². The molecule has 0 aromatic rings. The highest BCUT2D eigenvalue weighted by molar-refractivity contribution is 7.99. The molecule has 1 aliphatic rings. The van der Waals surface area contributed by atoms with Crippen LogP contribution in [0.4, 0.5) is 0 Å². The summed E-state index contributed by atoms with van der Waals surface area (Å²) in [4.78, 5) is 0. The van der Waals surface area contributed by atoms with Crippen molar-refractivity contribution in [1.82, 2.24) is 0 Å². The second kappa shape index (κ2) is 5.93. The number of hydrogen-bond donors (Lipinski definition) is 0. The molecule has 1 fully saturated rings. The van der Waals surface area contributed by atoms with Crippen molar-refractivity contribution in [3.63, 3.8) is 0 Å². The molecule has 1 rings (SSSR count). The molecule has 0 aromatic heterocycles. The zero-order valence-electron chi connectivity index (χ0n) is 7.64. The average molecular weight is 172 g/mol. The molecule has 0 spiro atoms. The van der Waals surface area contributed by atoms with Crippen molar-refractivity contribution in [3.8, 4) is 0 Å². The minimum Gasteiger partial charge on any atom is -0.159 e. The second-order valence-corrected chi connectivity index (χ2v) is 4.87. The highest BCUT2D eigenvalue weighted by Crippen LogP contribution is 2.24. The van der Waals surface area contributed by atoms with Gasteiger partial charge in [-0.05, 0) is 25.0 Å². The smallest absolute Gasteiger partial charge is 0.00444 e. The molecular formula is C10H20S. The molecule has 1 aliphatic heterocycles. The molecule has 1 heteroatoms. The van der Waals surface area contributed by atoms with Crippen LogP contribution >= 0.6 is 11.8 Å². The van der Waals surface area contributed by atoms with Gasteiger partial charge in [0.05, 0.1) is 0 Å². The van der Waals surface area contributed by atoms with Crippen LogP contribution in [0, 0.1) is 0 Å². The van der Waals surface area contributed by atoms with Crippen LogP contribution in [0.2, 0.25) is 0 Å². The fraction of sp³-hybridized carbons (Fsp3) is 1.00. The van der Waals surface area contributed by atoms with E-state index in [4.69, 9.17) is 0 Å². The Kier molecular flexibility index (Phi) is 5.09. The maximum atomic E-state index is 2.33. The molecule has 1 unspecified atom stereocenters. The summed E-state index contributed by atoms with van der Waals surface area (Å²) in [7, 11) is 0. The summed E-state index contributed by atoms with van der Waals surface area (Å²) in [6, 6.07) is 0. The van der Waals surface area contributed by atoms with Gasteiger partial charge in [-0.3, -0.25) is 0 Å². The first-order valence-corrected chi connectivity index (χ1v) is 6.10. The van der Waals surface area contributed by atoms with Gasteiger partial charge in [0.15, 0.2) is 0 Å². The van der Waals surface area contributed by atoms with E-state index in [1.807, 2.05) is 0 Å². The van der Waals surface area contributed by atoms with Gasteiger partial charge in [-0.2, -0.15) is 11.8 Å². The Bertz CT molecular complexity index is 80.9. The predicted octanol–water partition coefficient (Wildman–Crippen LogP) is 3.85. The third kappa shape index (κ3) is 4.05. The van der Waals surface area contributed by atoms with E-state index >= 15 is 0 Å². The van der Waals surface area contributed by atoms with Gasteiger partial charge >= 0.3 is 0 Å². The fourth-order valence-electron chi connectivity index (χ4n) is 1.66. The summed E-state index contributed by atoms with van der Waals surface area (Å²) in [6.45, 7) is 2.33. The van der Waals surface area contributed by atoms with Gasteiger partial charge in [0.1, 0.15) is 0 Å². The molecule has 0 aromatic carbocycles. The lowest BCUT2D eigenvalue weighted by Gasteiger charge is -2.11. The molecule has 0 amide bonds. The normalized spacial score (nSPS) is 28.6. The van der Waals surface area contributed by atoms with Crippen LogP contribution in [0.25, 0.3) is 0 Å². The summed E-state index contributed by atoms with van der Waals surface area (Å²) in [6.07, 6.45) is 10.2. The van der Waals surface area contributed by atoms with E-state index in [2.05, 4.69) is 18.7 Å². The highest BCUT2D eigenvalue weighted by Gasteiger charge is 2.07. The molecule has 0 N–H and O–H groups in total. The van der Waals surface area contributed by atoms with Crippen molar-refractivity contribution < 1.29 is 0 Å². The molecule has 1 atom stereocenters. The van der Waals surface area contributed by atoms with Crippen LogP contribution in [0.1, 0.15) is 51.9 Å². The average Bonchev–Trinajstić information content (AvgIpc) is 2.16. The lowest BCUT2D eigenvalue weighted by molar-refractivity contribution is 0.603. The lowest BCUT2D eigenvalue weighted by atomic mass is 10.1. The van der Waals surface area contributed by atoms with E-state index in [0.717, 1.165) is 5.25 Å². The third-order valence-corrected chi connectivity index (χ3v) is 4.04. The Morgan fingerprint density at radius 2 is 1.82 bits per heavy atom. The first-order valence-electron chi connectivity index (χ1n) is 5.05. The number of hydrogen-bond acceptors (Lipinski definition) is 1. The third-order valence-electron chi connectivity index (χ3n) is 2.48. The minimum absolute atomic E-state index is 0.980. The molecule has 11 heavy (non-hydrogen) atoms. The molecule has 1 heterocycles. The summed E-state index contributed by atoms with van der Waals surface area (Å²) < 4.78 is 0. The molecule has 0 saturated carbocycles. The Morgan fingerprint density at radius 3 is 2.64 bits per heavy atom. The van der Waals surface area contributed by atoms with E-state index in [1.54, 1.807) is 0 Å². The van der Waals surface area contributed by atoms with Crippen molar-refractivity contribution in [2.45, 2.75) is 57.1 Å². The van der Waals surface area contributed by atoms with Crippen LogP contribution in [-0.4, -0.2) is 11.0 Å². The second-order valence-electron chi connectivity index (χ2n) is 3.46. The Morgan fingerprint density at radius 1 is 1.09 bits per heavy atom. The largest absolute Gasteiger partial charge is 0.159 e. The van der Waals surface area contributed by atoms with Crippen molar-refractivity contribution >= 4 is 11.8 Å². The van der Waals surface area contributed by atoms with Crippen molar-refractivity contribution in [2.24, 2.45) is 0 Å². The van der Waals surface area contributed by atoms with E-state index in [0.29, 0.717) is 0 Å². The van der Waals surface area contributed by atoms with Crippen LogP contribution in [0.5, 0.6) is 0 Å². The SMILES string of the molecule is CCC1CCCCCCCS1. The van der Waals surface area contributed by atoms with Gasteiger partial charge in [0.2, 0.25) is 0 Å². The Balaban J connectivity index is 2.19. The molecule has 0 aliphatic carbocycles. The fourth-order valence-corrected chi connectivity index (χ4v) is 2.93. The summed E-state index contributed by atoms with van der Waals surface area (Å²) in [5.41, 5.74) is 0. The van der Waals surface area contributed by atoms with E-state index in [9.17, 15) is 0 Å². The highest BCUT2D eigenvalue weighted by atomic mass is 32.2. The zero-order chi connectivity index (χ0) is 7.94. The van der Waals surface area contributed by atoms with Gasteiger partial charge in [0, 0.05) is 5.25 Å². The summed E-state index contributed by atoms with van der Waals surface area (Å²) >= 11 is 2.21. The van der Waals surface area contributed by atoms with E-state index < -0.39 is 0 Å². The standard InChI is InChI=1S/C10H20S/c1-2-10-8-6-4-3-5-7-9-11-10/h10H,2-9H2,1H3. The maximum Gasteiger partial charge on any atom is 0.00444 e. The van der Waals surface area contributed by atoms with Gasteiger partial charge in [0.25, 0.3) is 0 Å². The van der Waals surface area contributed by atoms with Gasteiger partial charge in [-0.15, -0.1) is 0 Å². The predicted molar refractivity (Wildman–Crippen MR) is 54.2 cm³/mol. The molecule has 1 saturated heterocycles. The van der Waals surface area contributed by atoms with Crippen LogP contribution in [-0.2, 0) is 0 Å². The molecule has 0 radical (unpaired) electrons. The zero-order valence-corrected chi connectivity index (χ0v) is 8.46. The molecule has 0 bridgehead atoms. The van der Waals surface area contributed by atoms with Crippen molar-refractivity contribution in [1.29, 1.82) is 0 Å². The summed E-state index contributed by atoms with van der Waals surface area (Å²) in [5.74, 6) is 1.42. The van der Waals surface area contributed by atoms with E-state index in [1.165, 1.54) is 50.7 Å². The lowest BCUT2D eigenvalue weighted by Crippen LogP contribution is -2.00. The Hall–Kier alpha value is 0.350. The molecular weight excluding hydrogens is 152 g/mol. The van der Waals surface area contributed by atoms with Crippen molar-refractivity contribution in [2.75, 3.05) is 5.75 Å². The first kappa shape index (κ1) is 9.44. The van der Waals surface area contributed by atoms with Gasteiger partial charge < -0.3 is 0 Å². The first-order chi connectivity index (χ1) is 5.43. The minimum atomic E-state index is 0.980. The van der Waals surface area contributed by atoms with Gasteiger partial charge in [-0.1, -0.05) is 32.6 Å².